The molecule has 3 rings (SSSR count). The number of fused-ring (bicyclic) bond motifs is 1. The first-order chi connectivity index (χ1) is 8.83. The van der Waals surface area contributed by atoms with Gasteiger partial charge >= 0.3 is 0 Å². The molecule has 1 aromatic carbocycles. The predicted molar refractivity (Wildman–Crippen MR) is 80.3 cm³/mol. The maximum Gasteiger partial charge on any atom is 0.0207 e. The summed E-state index contributed by atoms with van der Waals surface area (Å²) in [4.78, 5) is 0. The Morgan fingerprint density at radius 2 is 1.94 bits per heavy atom. The summed E-state index contributed by atoms with van der Waals surface area (Å²) < 4.78 is 0. The molecule has 2 fully saturated rings. The fourth-order valence-electron chi connectivity index (χ4n) is 3.38. The van der Waals surface area contributed by atoms with E-state index in [9.17, 15) is 0 Å². The van der Waals surface area contributed by atoms with E-state index in [2.05, 4.69) is 54.3 Å². The summed E-state index contributed by atoms with van der Waals surface area (Å²) >= 11 is 2.21. The van der Waals surface area contributed by atoms with Crippen molar-refractivity contribution in [1.29, 1.82) is 0 Å². The van der Waals surface area contributed by atoms with Crippen LogP contribution in [0.4, 0.5) is 0 Å². The van der Waals surface area contributed by atoms with Gasteiger partial charge in [-0.3, -0.25) is 0 Å². The molecule has 98 valence electrons. The Kier molecular flexibility index (Phi) is 3.95. The second-order valence-corrected chi connectivity index (χ2v) is 7.14. The summed E-state index contributed by atoms with van der Waals surface area (Å²) in [5, 5.41) is 4.66. The van der Waals surface area contributed by atoms with Gasteiger partial charge in [0.05, 0.1) is 0 Å². The number of nitrogens with one attached hydrogen (secondary N) is 1. The highest BCUT2D eigenvalue weighted by molar-refractivity contribution is 7.99. The van der Waals surface area contributed by atoms with Crippen molar-refractivity contribution in [2.24, 2.45) is 0 Å². The maximum absolute atomic E-state index is 3.83. The Morgan fingerprint density at radius 1 is 1.11 bits per heavy atom. The molecule has 1 aliphatic carbocycles. The summed E-state index contributed by atoms with van der Waals surface area (Å²) in [6.07, 6.45) is 5.39. The molecule has 0 amide bonds. The topological polar surface area (TPSA) is 12.0 Å². The van der Waals surface area contributed by atoms with Crippen LogP contribution in [0.25, 0.3) is 0 Å². The zero-order valence-electron chi connectivity index (χ0n) is 11.1. The Morgan fingerprint density at radius 3 is 2.78 bits per heavy atom. The molecule has 1 saturated heterocycles. The summed E-state index contributed by atoms with van der Waals surface area (Å²) in [5.41, 5.74) is 1.55. The van der Waals surface area contributed by atoms with Crippen molar-refractivity contribution in [3.63, 3.8) is 0 Å². The van der Waals surface area contributed by atoms with Crippen LogP contribution >= 0.6 is 11.8 Å². The third-order valence-corrected chi connectivity index (χ3v) is 5.86. The molecule has 2 aliphatic rings. The lowest BCUT2D eigenvalue weighted by Crippen LogP contribution is -2.44. The van der Waals surface area contributed by atoms with E-state index in [1.807, 2.05) is 0 Å². The molecule has 0 spiro atoms. The van der Waals surface area contributed by atoms with E-state index in [4.69, 9.17) is 0 Å². The molecule has 2 heteroatoms. The molecule has 1 nitrogen and oxygen atoms in total. The van der Waals surface area contributed by atoms with Crippen molar-refractivity contribution in [3.05, 3.63) is 35.9 Å². The van der Waals surface area contributed by atoms with Gasteiger partial charge in [-0.05, 0) is 49.8 Å². The average Bonchev–Trinajstić information content (AvgIpc) is 2.59. The molecule has 0 aromatic heterocycles. The van der Waals surface area contributed by atoms with E-state index < -0.39 is 0 Å². The third-order valence-electron chi connectivity index (χ3n) is 4.44. The van der Waals surface area contributed by atoms with Crippen LogP contribution in [0.3, 0.4) is 0 Å². The molecule has 4 atom stereocenters. The Hall–Kier alpha value is -0.470. The smallest absolute Gasteiger partial charge is 0.0207 e. The molecule has 1 N–H and O–H groups in total. The van der Waals surface area contributed by atoms with Crippen LogP contribution in [0.2, 0.25) is 0 Å². The highest BCUT2D eigenvalue weighted by atomic mass is 32.2. The minimum atomic E-state index is 0.709. The monoisotopic (exact) mass is 261 g/mol. The summed E-state index contributed by atoms with van der Waals surface area (Å²) in [6, 6.07) is 12.6. The van der Waals surface area contributed by atoms with E-state index in [-0.39, 0.29) is 0 Å². The predicted octanol–water partition coefficient (Wildman–Crippen LogP) is 3.81. The van der Waals surface area contributed by atoms with Crippen molar-refractivity contribution < 1.29 is 0 Å². The highest BCUT2D eigenvalue weighted by Gasteiger charge is 2.33. The van der Waals surface area contributed by atoms with Gasteiger partial charge in [-0.15, -0.1) is 0 Å². The van der Waals surface area contributed by atoms with Crippen LogP contribution in [0, 0.1) is 0 Å². The van der Waals surface area contributed by atoms with Crippen molar-refractivity contribution in [2.45, 2.75) is 55.9 Å². The second-order valence-electron chi connectivity index (χ2n) is 5.79. The van der Waals surface area contributed by atoms with Gasteiger partial charge in [-0.2, -0.15) is 11.8 Å². The fraction of sp³-hybridized carbons (Fsp3) is 0.625. The molecule has 0 bridgehead atoms. The molecule has 4 unspecified atom stereocenters. The van der Waals surface area contributed by atoms with Gasteiger partial charge in [-0.25, -0.2) is 0 Å². The molecule has 18 heavy (non-hydrogen) atoms. The van der Waals surface area contributed by atoms with Gasteiger partial charge in [0, 0.05) is 17.3 Å². The van der Waals surface area contributed by atoms with Gasteiger partial charge in [0.2, 0.25) is 0 Å². The first kappa shape index (κ1) is 12.6. The molecular formula is C16H23NS. The van der Waals surface area contributed by atoms with E-state index >= 15 is 0 Å². The summed E-state index contributed by atoms with van der Waals surface area (Å²) in [6.45, 7) is 2.34. The van der Waals surface area contributed by atoms with Crippen LogP contribution in [0.15, 0.2) is 30.3 Å². The van der Waals surface area contributed by atoms with Crippen molar-refractivity contribution >= 4 is 11.8 Å². The zero-order chi connectivity index (χ0) is 12.4. The molecule has 1 aliphatic heterocycles. The number of hydrogen-bond donors (Lipinski definition) is 1. The Balaban J connectivity index is 1.69. The van der Waals surface area contributed by atoms with Gasteiger partial charge in [0.1, 0.15) is 0 Å². The van der Waals surface area contributed by atoms with Crippen LogP contribution in [0.5, 0.6) is 0 Å². The van der Waals surface area contributed by atoms with Crippen molar-refractivity contribution in [2.75, 3.05) is 5.75 Å². The zero-order valence-corrected chi connectivity index (χ0v) is 12.0. The van der Waals surface area contributed by atoms with Gasteiger partial charge in [-0.1, -0.05) is 30.3 Å². The second kappa shape index (κ2) is 5.66. The lowest BCUT2D eigenvalue weighted by atomic mass is 9.81. The van der Waals surface area contributed by atoms with Gasteiger partial charge in [0.15, 0.2) is 0 Å². The summed E-state index contributed by atoms with van der Waals surface area (Å²) in [5.74, 6) is 2.12. The van der Waals surface area contributed by atoms with Crippen LogP contribution in [0.1, 0.15) is 44.1 Å². The van der Waals surface area contributed by atoms with E-state index in [1.54, 1.807) is 5.56 Å². The van der Waals surface area contributed by atoms with E-state index in [0.717, 1.165) is 17.2 Å². The van der Waals surface area contributed by atoms with Crippen molar-refractivity contribution in [1.82, 2.24) is 5.32 Å². The minimum Gasteiger partial charge on any atom is -0.310 e. The molecule has 0 radical (unpaired) electrons. The lowest BCUT2D eigenvalue weighted by molar-refractivity contribution is 0.333. The molecule has 1 heterocycles. The lowest BCUT2D eigenvalue weighted by Gasteiger charge is -2.36. The normalized spacial score (nSPS) is 36.7. The highest BCUT2D eigenvalue weighted by Crippen LogP contribution is 2.39. The number of rotatable bonds is 1. The van der Waals surface area contributed by atoms with Crippen LogP contribution < -0.4 is 5.32 Å². The average molecular weight is 261 g/mol. The molecular weight excluding hydrogens is 238 g/mol. The standard InChI is InChI=1S/C16H23NS/c1-12-9-10-18-16-11-14(7-8-15(16)17-12)13-5-3-2-4-6-13/h2-6,12,14-17H,7-11H2,1H3. The Bertz CT molecular complexity index is 378. The minimum absolute atomic E-state index is 0.709. The van der Waals surface area contributed by atoms with Crippen molar-refractivity contribution in [3.8, 4) is 0 Å². The third kappa shape index (κ3) is 2.75. The maximum atomic E-state index is 3.83. The first-order valence-corrected chi connectivity index (χ1v) is 8.30. The van der Waals surface area contributed by atoms with Crippen LogP contribution in [-0.4, -0.2) is 23.1 Å². The quantitative estimate of drug-likeness (QED) is 0.825. The summed E-state index contributed by atoms with van der Waals surface area (Å²) in [7, 11) is 0. The van der Waals surface area contributed by atoms with Gasteiger partial charge < -0.3 is 5.32 Å². The number of benzene rings is 1. The van der Waals surface area contributed by atoms with Crippen LogP contribution in [-0.2, 0) is 0 Å². The largest absolute Gasteiger partial charge is 0.310 e. The van der Waals surface area contributed by atoms with E-state index in [0.29, 0.717) is 6.04 Å². The fourth-order valence-corrected chi connectivity index (χ4v) is 4.98. The SMILES string of the molecule is CC1CCSC2CC(c3ccccc3)CCC2N1. The first-order valence-electron chi connectivity index (χ1n) is 7.25. The van der Waals surface area contributed by atoms with E-state index in [1.165, 1.54) is 31.4 Å². The Labute approximate surface area is 115 Å². The molecule has 1 aromatic rings. The number of hydrogen-bond acceptors (Lipinski definition) is 2. The molecule has 1 saturated carbocycles. The number of thioether (sulfide) groups is 1. The van der Waals surface area contributed by atoms with Gasteiger partial charge in [0.25, 0.3) is 0 Å².